The number of carbonyl (C=O) groups excluding carboxylic acids is 1. The molecule has 2 aliphatic rings. The molecule has 0 spiro atoms. The number of piperazine rings is 1. The lowest BCUT2D eigenvalue weighted by Crippen LogP contribution is -2.54. The molecule has 1 atom stereocenters. The quantitative estimate of drug-likeness (QED) is 0.639. The number of halogens is 1. The second-order valence-corrected chi connectivity index (χ2v) is 8.43. The van der Waals surface area contributed by atoms with Crippen molar-refractivity contribution in [1.29, 1.82) is 5.26 Å². The Morgan fingerprint density at radius 2 is 2.18 bits per heavy atom. The molecular weight excluding hydrogens is 423 g/mol. The first-order valence-electron chi connectivity index (χ1n) is 11.1. The number of nitriles is 1. The number of carbonyl (C=O) groups is 1. The van der Waals surface area contributed by atoms with Gasteiger partial charge in [0.1, 0.15) is 17.6 Å². The SMILES string of the molecule is C=Cc1nc(-c2cc(C#N)c(N3CCN(C(=O)CCOC)C(C)C3)nc2C2CC2)ncc1F. The predicted molar refractivity (Wildman–Crippen MR) is 122 cm³/mol. The van der Waals surface area contributed by atoms with Crippen LogP contribution in [0, 0.1) is 17.1 Å². The number of pyridine rings is 1. The summed E-state index contributed by atoms with van der Waals surface area (Å²) in [5.41, 5.74) is 2.01. The van der Waals surface area contributed by atoms with Crippen LogP contribution in [0.1, 0.15) is 49.1 Å². The summed E-state index contributed by atoms with van der Waals surface area (Å²) < 4.78 is 18.9. The third-order valence-electron chi connectivity index (χ3n) is 6.09. The Kier molecular flexibility index (Phi) is 6.65. The van der Waals surface area contributed by atoms with E-state index in [0.717, 1.165) is 24.7 Å². The predicted octanol–water partition coefficient (Wildman–Crippen LogP) is 3.14. The number of nitrogens with zero attached hydrogens (tertiary/aromatic N) is 6. The van der Waals surface area contributed by atoms with Gasteiger partial charge < -0.3 is 14.5 Å². The molecule has 1 amide bonds. The van der Waals surface area contributed by atoms with Gasteiger partial charge in [0.05, 0.1) is 30.5 Å². The highest BCUT2D eigenvalue weighted by atomic mass is 19.1. The van der Waals surface area contributed by atoms with Crippen LogP contribution in [0.2, 0.25) is 0 Å². The van der Waals surface area contributed by atoms with Gasteiger partial charge in [0, 0.05) is 44.3 Å². The standard InChI is InChI=1S/C24H27FN6O2/c1-4-20-19(25)13-27-23(28-20)18-11-17(12-26)24(29-22(18)16-5-6-16)30-8-9-31(15(2)14-30)21(32)7-10-33-3/h4,11,13,15-16H,1,5-10,14H2,2-3H3. The van der Waals surface area contributed by atoms with Gasteiger partial charge in [0.2, 0.25) is 5.91 Å². The number of hydrogen-bond donors (Lipinski definition) is 0. The third-order valence-corrected chi connectivity index (χ3v) is 6.09. The molecule has 0 N–H and O–H groups in total. The first-order valence-corrected chi connectivity index (χ1v) is 11.1. The van der Waals surface area contributed by atoms with E-state index >= 15 is 0 Å². The lowest BCUT2D eigenvalue weighted by molar-refractivity contribution is -0.134. The van der Waals surface area contributed by atoms with Crippen LogP contribution < -0.4 is 4.90 Å². The van der Waals surface area contributed by atoms with E-state index in [1.807, 2.05) is 11.8 Å². The number of ether oxygens (including phenoxy) is 1. The van der Waals surface area contributed by atoms with Crippen molar-refractivity contribution >= 4 is 17.8 Å². The Morgan fingerprint density at radius 3 is 2.82 bits per heavy atom. The molecule has 1 aliphatic carbocycles. The fourth-order valence-electron chi connectivity index (χ4n) is 4.19. The van der Waals surface area contributed by atoms with Crippen molar-refractivity contribution in [3.8, 4) is 17.5 Å². The average Bonchev–Trinajstić information content (AvgIpc) is 3.67. The van der Waals surface area contributed by atoms with Crippen molar-refractivity contribution in [2.45, 2.75) is 38.1 Å². The van der Waals surface area contributed by atoms with Gasteiger partial charge in [-0.1, -0.05) is 6.58 Å². The van der Waals surface area contributed by atoms with Gasteiger partial charge in [0.25, 0.3) is 0 Å². The molecule has 2 aromatic rings. The Hall–Kier alpha value is -3.38. The van der Waals surface area contributed by atoms with Crippen LogP contribution in [-0.4, -0.2) is 65.2 Å². The number of amides is 1. The van der Waals surface area contributed by atoms with Crippen LogP contribution in [0.3, 0.4) is 0 Å². The van der Waals surface area contributed by atoms with Crippen molar-refractivity contribution in [1.82, 2.24) is 19.9 Å². The number of anilines is 1. The number of aromatic nitrogens is 3. The van der Waals surface area contributed by atoms with Crippen molar-refractivity contribution in [3.05, 3.63) is 41.6 Å². The molecule has 1 saturated heterocycles. The van der Waals surface area contributed by atoms with Crippen molar-refractivity contribution in [3.63, 3.8) is 0 Å². The van der Waals surface area contributed by atoms with E-state index in [9.17, 15) is 14.4 Å². The monoisotopic (exact) mass is 450 g/mol. The van der Waals surface area contributed by atoms with Crippen LogP contribution in [-0.2, 0) is 9.53 Å². The summed E-state index contributed by atoms with van der Waals surface area (Å²) >= 11 is 0. The Bertz CT molecular complexity index is 1110. The minimum atomic E-state index is -0.543. The molecule has 4 rings (SSSR count). The zero-order valence-corrected chi connectivity index (χ0v) is 18.9. The molecule has 9 heteroatoms. The average molecular weight is 451 g/mol. The van der Waals surface area contributed by atoms with Gasteiger partial charge in [-0.15, -0.1) is 0 Å². The summed E-state index contributed by atoms with van der Waals surface area (Å²) in [5, 5.41) is 9.90. The van der Waals surface area contributed by atoms with Gasteiger partial charge in [-0.25, -0.2) is 19.3 Å². The van der Waals surface area contributed by atoms with E-state index in [-0.39, 0.29) is 23.6 Å². The molecule has 2 fully saturated rings. The molecule has 3 heterocycles. The maximum absolute atomic E-state index is 13.9. The molecule has 1 saturated carbocycles. The van der Waals surface area contributed by atoms with Gasteiger partial charge >= 0.3 is 0 Å². The number of methoxy groups -OCH3 is 1. The lowest BCUT2D eigenvalue weighted by Gasteiger charge is -2.41. The van der Waals surface area contributed by atoms with Gasteiger partial charge in [-0.3, -0.25) is 4.79 Å². The Balaban J connectivity index is 1.66. The second-order valence-electron chi connectivity index (χ2n) is 8.43. The molecule has 0 aromatic carbocycles. The summed E-state index contributed by atoms with van der Waals surface area (Å²) in [6.07, 6.45) is 4.82. The molecule has 1 unspecified atom stereocenters. The molecule has 172 valence electrons. The second kappa shape index (κ2) is 9.63. The highest BCUT2D eigenvalue weighted by Crippen LogP contribution is 2.44. The molecule has 2 aromatic heterocycles. The van der Waals surface area contributed by atoms with Crippen LogP contribution in [0.4, 0.5) is 10.2 Å². The van der Waals surface area contributed by atoms with Crippen molar-refractivity contribution < 1.29 is 13.9 Å². The normalized spacial score (nSPS) is 18.2. The summed E-state index contributed by atoms with van der Waals surface area (Å²) in [6.45, 7) is 7.73. The summed E-state index contributed by atoms with van der Waals surface area (Å²) in [4.78, 5) is 29.8. The molecule has 8 nitrogen and oxygen atoms in total. The van der Waals surface area contributed by atoms with E-state index in [0.29, 0.717) is 55.4 Å². The first-order chi connectivity index (χ1) is 16.0. The highest BCUT2D eigenvalue weighted by Gasteiger charge is 2.33. The smallest absolute Gasteiger partial charge is 0.225 e. The van der Waals surface area contributed by atoms with Gasteiger partial charge in [-0.05, 0) is 31.9 Å². The maximum atomic E-state index is 13.9. The van der Waals surface area contributed by atoms with E-state index in [1.165, 1.54) is 6.08 Å². The summed E-state index contributed by atoms with van der Waals surface area (Å²) in [7, 11) is 1.58. The number of rotatable bonds is 7. The molecule has 0 bridgehead atoms. The number of hydrogen-bond acceptors (Lipinski definition) is 7. The lowest BCUT2D eigenvalue weighted by atomic mass is 10.0. The van der Waals surface area contributed by atoms with Gasteiger partial charge in [0.15, 0.2) is 11.6 Å². The Morgan fingerprint density at radius 1 is 1.39 bits per heavy atom. The van der Waals surface area contributed by atoms with Gasteiger partial charge in [-0.2, -0.15) is 5.26 Å². The van der Waals surface area contributed by atoms with Crippen molar-refractivity contribution in [2.24, 2.45) is 0 Å². The maximum Gasteiger partial charge on any atom is 0.225 e. The summed E-state index contributed by atoms with van der Waals surface area (Å²) in [5.74, 6) is 0.745. The Labute approximate surface area is 192 Å². The van der Waals surface area contributed by atoms with E-state index < -0.39 is 5.82 Å². The third kappa shape index (κ3) is 4.71. The topological polar surface area (TPSA) is 95.2 Å². The van der Waals surface area contributed by atoms with Crippen LogP contribution in [0.25, 0.3) is 17.5 Å². The molecular formula is C24H27FN6O2. The fraction of sp³-hybridized carbons (Fsp3) is 0.458. The minimum absolute atomic E-state index is 0.0175. The fourth-order valence-corrected chi connectivity index (χ4v) is 4.19. The zero-order chi connectivity index (χ0) is 23.5. The molecule has 0 radical (unpaired) electrons. The highest BCUT2D eigenvalue weighted by molar-refractivity contribution is 5.77. The van der Waals surface area contributed by atoms with Crippen LogP contribution >= 0.6 is 0 Å². The van der Waals surface area contributed by atoms with E-state index in [4.69, 9.17) is 9.72 Å². The first kappa shape index (κ1) is 22.8. The van der Waals surface area contributed by atoms with E-state index in [1.54, 1.807) is 13.2 Å². The van der Waals surface area contributed by atoms with Crippen molar-refractivity contribution in [2.75, 3.05) is 38.3 Å². The summed E-state index contributed by atoms with van der Waals surface area (Å²) in [6, 6.07) is 4.00. The van der Waals surface area contributed by atoms with Crippen LogP contribution in [0.5, 0.6) is 0 Å². The largest absolute Gasteiger partial charge is 0.384 e. The minimum Gasteiger partial charge on any atom is -0.384 e. The van der Waals surface area contributed by atoms with Crippen LogP contribution in [0.15, 0.2) is 18.8 Å². The zero-order valence-electron chi connectivity index (χ0n) is 18.9. The molecule has 1 aliphatic heterocycles. The molecule has 33 heavy (non-hydrogen) atoms. The van der Waals surface area contributed by atoms with E-state index in [2.05, 4.69) is 27.5 Å².